The van der Waals surface area contributed by atoms with Gasteiger partial charge in [-0.15, -0.1) is 0 Å². The highest BCUT2D eigenvalue weighted by Crippen LogP contribution is 2.49. The molecule has 0 unspecified atom stereocenters. The first-order valence-electron chi connectivity index (χ1n) is 11.8. The lowest BCUT2D eigenvalue weighted by Crippen LogP contribution is -2.49. The predicted octanol–water partition coefficient (Wildman–Crippen LogP) is 3.93. The Morgan fingerprint density at radius 3 is 2.09 bits per heavy atom. The summed E-state index contributed by atoms with van der Waals surface area (Å²) in [5.41, 5.74) is 1.71. The molecule has 3 fully saturated rings. The molecule has 2 aliphatic heterocycles. The number of carbonyl (C=O) groups excluding carboxylic acids is 3. The van der Waals surface area contributed by atoms with E-state index in [1.807, 2.05) is 48.5 Å². The molecule has 4 atom stereocenters. The molecule has 1 aliphatic carbocycles. The fourth-order valence-corrected chi connectivity index (χ4v) is 6.28. The molecule has 2 aromatic carbocycles. The van der Waals surface area contributed by atoms with Crippen molar-refractivity contribution in [1.82, 2.24) is 9.80 Å². The van der Waals surface area contributed by atoms with Gasteiger partial charge >= 0.3 is 0 Å². The number of rotatable bonds is 5. The summed E-state index contributed by atoms with van der Waals surface area (Å²) >= 11 is 0. The van der Waals surface area contributed by atoms with Gasteiger partial charge in [-0.3, -0.25) is 24.2 Å². The van der Waals surface area contributed by atoms with Gasteiger partial charge in [0.15, 0.2) is 5.78 Å². The van der Waals surface area contributed by atoms with Gasteiger partial charge in [-0.2, -0.15) is 0 Å². The zero-order valence-electron chi connectivity index (χ0n) is 18.5. The van der Waals surface area contributed by atoms with Gasteiger partial charge in [0.2, 0.25) is 11.8 Å². The lowest BCUT2D eigenvalue weighted by atomic mass is 9.77. The van der Waals surface area contributed by atoms with Crippen LogP contribution in [0.4, 0.5) is 0 Å². The van der Waals surface area contributed by atoms with Crippen molar-refractivity contribution in [3.63, 3.8) is 0 Å². The maximum absolute atomic E-state index is 13.9. The fraction of sp³-hybridized carbons (Fsp3) is 0.444. The van der Waals surface area contributed by atoms with Crippen LogP contribution in [0.2, 0.25) is 0 Å². The Morgan fingerprint density at radius 1 is 0.844 bits per heavy atom. The zero-order valence-corrected chi connectivity index (χ0v) is 18.5. The number of likely N-dealkylation sites (tertiary alicyclic amines) is 2. The van der Waals surface area contributed by atoms with Crippen molar-refractivity contribution in [3.8, 4) is 0 Å². The van der Waals surface area contributed by atoms with E-state index in [1.54, 1.807) is 7.05 Å². The van der Waals surface area contributed by atoms with Crippen LogP contribution in [0, 0.1) is 17.8 Å². The Morgan fingerprint density at radius 2 is 1.44 bits per heavy atom. The van der Waals surface area contributed by atoms with Crippen molar-refractivity contribution >= 4 is 17.6 Å². The van der Waals surface area contributed by atoms with E-state index in [-0.39, 0.29) is 23.6 Å². The molecular weight excluding hydrogens is 400 g/mol. The average Bonchev–Trinajstić information content (AvgIpc) is 3.28. The molecule has 0 aromatic heterocycles. The third kappa shape index (κ3) is 3.49. The van der Waals surface area contributed by atoms with Gasteiger partial charge in [-0.1, -0.05) is 79.9 Å². The summed E-state index contributed by atoms with van der Waals surface area (Å²) in [7, 11) is 1.58. The number of ketones is 1. The second kappa shape index (κ2) is 8.62. The normalized spacial score (nSPS) is 28.8. The van der Waals surface area contributed by atoms with Gasteiger partial charge < -0.3 is 0 Å². The Balaban J connectivity index is 1.61. The number of imide groups is 1. The minimum absolute atomic E-state index is 0.0497. The summed E-state index contributed by atoms with van der Waals surface area (Å²) in [5.74, 6) is -1.07. The van der Waals surface area contributed by atoms with Gasteiger partial charge in [-0.05, 0) is 24.3 Å². The van der Waals surface area contributed by atoms with Crippen LogP contribution < -0.4 is 0 Å². The number of carbonyl (C=O) groups is 3. The lowest BCUT2D eigenvalue weighted by Gasteiger charge is -2.38. The Labute approximate surface area is 189 Å². The van der Waals surface area contributed by atoms with Crippen LogP contribution in [0.3, 0.4) is 0 Å². The molecule has 3 aliphatic rings. The van der Waals surface area contributed by atoms with E-state index >= 15 is 0 Å². The van der Waals surface area contributed by atoms with E-state index in [0.717, 1.165) is 31.2 Å². The molecule has 0 spiro atoms. The molecule has 0 radical (unpaired) electrons. The first kappa shape index (κ1) is 21.1. The smallest absolute Gasteiger partial charge is 0.234 e. The number of hydrogen-bond acceptors (Lipinski definition) is 4. The summed E-state index contributed by atoms with van der Waals surface area (Å²) in [6.45, 7) is 0.572. The first-order chi connectivity index (χ1) is 15.6. The van der Waals surface area contributed by atoms with Crippen molar-refractivity contribution in [2.45, 2.75) is 50.7 Å². The molecule has 2 aromatic rings. The minimum Gasteiger partial charge on any atom is -0.292 e. The third-order valence-electron chi connectivity index (χ3n) is 7.73. The van der Waals surface area contributed by atoms with Gasteiger partial charge in [0, 0.05) is 25.2 Å². The summed E-state index contributed by atoms with van der Waals surface area (Å²) < 4.78 is 0. The SMILES string of the molecule is CN1C(=O)[C@@H]2[C@H](C1=O)[C@H](C1CCCCC1)N(Cc1ccccc1)[C@H]2C(=O)c1ccccc1. The fourth-order valence-electron chi connectivity index (χ4n) is 6.28. The quantitative estimate of drug-likeness (QED) is 0.533. The van der Waals surface area contributed by atoms with Crippen LogP contribution in [0.1, 0.15) is 48.0 Å². The van der Waals surface area contributed by atoms with Crippen molar-refractivity contribution in [3.05, 3.63) is 71.8 Å². The van der Waals surface area contributed by atoms with Crippen LogP contribution >= 0.6 is 0 Å². The topological polar surface area (TPSA) is 57.7 Å². The molecular formula is C27H30N2O3. The molecule has 5 nitrogen and oxygen atoms in total. The van der Waals surface area contributed by atoms with Gasteiger partial charge in [0.25, 0.3) is 0 Å². The molecule has 5 heteroatoms. The number of amides is 2. The van der Waals surface area contributed by atoms with Gasteiger partial charge in [0.05, 0.1) is 17.9 Å². The van der Waals surface area contributed by atoms with E-state index in [4.69, 9.17) is 0 Å². The molecule has 166 valence electrons. The molecule has 5 rings (SSSR count). The second-order valence-corrected chi connectivity index (χ2v) is 9.51. The Hall–Kier alpha value is -2.79. The highest BCUT2D eigenvalue weighted by Gasteiger charge is 2.64. The van der Waals surface area contributed by atoms with Crippen molar-refractivity contribution in [2.75, 3.05) is 7.05 Å². The van der Waals surface area contributed by atoms with Gasteiger partial charge in [0.1, 0.15) is 0 Å². The van der Waals surface area contributed by atoms with Crippen LogP contribution in [0.15, 0.2) is 60.7 Å². The summed E-state index contributed by atoms with van der Waals surface area (Å²) in [6, 6.07) is 18.6. The number of benzene rings is 2. The first-order valence-corrected chi connectivity index (χ1v) is 11.8. The molecule has 2 heterocycles. The third-order valence-corrected chi connectivity index (χ3v) is 7.73. The predicted molar refractivity (Wildman–Crippen MR) is 122 cm³/mol. The van der Waals surface area contributed by atoms with E-state index in [2.05, 4.69) is 17.0 Å². The maximum atomic E-state index is 13.9. The monoisotopic (exact) mass is 430 g/mol. The van der Waals surface area contributed by atoms with Crippen LogP contribution in [0.25, 0.3) is 0 Å². The molecule has 0 N–H and O–H groups in total. The van der Waals surface area contributed by atoms with E-state index in [9.17, 15) is 14.4 Å². The number of Topliss-reactive ketones (excluding diaryl/α,β-unsaturated/α-hetero) is 1. The van der Waals surface area contributed by atoms with Crippen molar-refractivity contribution in [2.24, 2.45) is 17.8 Å². The van der Waals surface area contributed by atoms with Crippen LogP contribution in [-0.2, 0) is 16.1 Å². The average molecular weight is 431 g/mol. The van der Waals surface area contributed by atoms with E-state index in [1.165, 1.54) is 11.3 Å². The number of fused-ring (bicyclic) bond motifs is 1. The summed E-state index contributed by atoms with van der Waals surface area (Å²) in [6.07, 6.45) is 5.61. The number of hydrogen-bond donors (Lipinski definition) is 0. The zero-order chi connectivity index (χ0) is 22.2. The lowest BCUT2D eigenvalue weighted by molar-refractivity contribution is -0.140. The Bertz CT molecular complexity index is 1000. The molecule has 1 saturated carbocycles. The minimum atomic E-state index is -0.615. The summed E-state index contributed by atoms with van der Waals surface area (Å²) in [4.78, 5) is 44.0. The molecule has 2 saturated heterocycles. The maximum Gasteiger partial charge on any atom is 0.234 e. The molecule has 2 amide bonds. The highest BCUT2D eigenvalue weighted by atomic mass is 16.2. The van der Waals surface area contributed by atoms with E-state index in [0.29, 0.717) is 18.0 Å². The van der Waals surface area contributed by atoms with Gasteiger partial charge in [-0.25, -0.2) is 0 Å². The molecule has 0 bridgehead atoms. The Kier molecular flexibility index (Phi) is 5.68. The largest absolute Gasteiger partial charge is 0.292 e. The van der Waals surface area contributed by atoms with E-state index < -0.39 is 17.9 Å². The van der Waals surface area contributed by atoms with Crippen LogP contribution in [-0.4, -0.2) is 46.5 Å². The highest BCUT2D eigenvalue weighted by molar-refractivity contribution is 6.11. The van der Waals surface area contributed by atoms with Crippen LogP contribution in [0.5, 0.6) is 0 Å². The van der Waals surface area contributed by atoms with Crippen molar-refractivity contribution in [1.29, 1.82) is 0 Å². The van der Waals surface area contributed by atoms with Crippen molar-refractivity contribution < 1.29 is 14.4 Å². The second-order valence-electron chi connectivity index (χ2n) is 9.51. The number of nitrogens with zero attached hydrogens (tertiary/aromatic N) is 2. The standard InChI is InChI=1S/C27H30N2O3/c1-28-26(31)21-22(27(28)32)24(25(30)20-15-9-4-10-16-20)29(17-18-11-5-2-6-12-18)23(21)19-13-7-3-8-14-19/h2,4-6,9-12,15-16,19,21-24H,3,7-8,13-14,17H2,1H3/t21-,22+,23-,24+/m0/s1. The molecule has 32 heavy (non-hydrogen) atoms. The summed E-state index contributed by atoms with van der Waals surface area (Å²) in [5, 5.41) is 0.